The average Bonchev–Trinajstić information content (AvgIpc) is 3.13. The Bertz CT molecular complexity index is 511. The van der Waals surface area contributed by atoms with E-state index < -0.39 is 27.4 Å². The third-order valence-corrected chi connectivity index (χ3v) is 6.68. The zero-order valence-electron chi connectivity index (χ0n) is 11.8. The number of sulfonamides is 1. The lowest BCUT2D eigenvalue weighted by Crippen LogP contribution is -2.44. The van der Waals surface area contributed by atoms with Crippen molar-refractivity contribution in [2.45, 2.75) is 57.2 Å². The Labute approximate surface area is 119 Å². The molecule has 7 heteroatoms. The standard InChI is InChI=1S/C13H21NO5S/c1-3-12(15)11-7-9(6-8(11)2)14(13(16)17)20(18,19)10-4-5-10/h8-11H,3-7H2,1-2H3,(H,16,17)/t8-,9?,11+/m0/s1. The van der Waals surface area contributed by atoms with Crippen molar-refractivity contribution in [3.05, 3.63) is 0 Å². The highest BCUT2D eigenvalue weighted by atomic mass is 32.2. The minimum atomic E-state index is -3.77. The van der Waals surface area contributed by atoms with Crippen molar-refractivity contribution in [2.24, 2.45) is 11.8 Å². The lowest BCUT2D eigenvalue weighted by atomic mass is 9.92. The minimum Gasteiger partial charge on any atom is -0.464 e. The van der Waals surface area contributed by atoms with Crippen molar-refractivity contribution in [2.75, 3.05) is 0 Å². The molecule has 1 amide bonds. The van der Waals surface area contributed by atoms with Gasteiger partial charge in [0.1, 0.15) is 5.78 Å². The summed E-state index contributed by atoms with van der Waals surface area (Å²) in [4.78, 5) is 23.2. The minimum absolute atomic E-state index is 0.0312. The molecule has 0 spiro atoms. The number of amides is 1. The Balaban J connectivity index is 2.20. The summed E-state index contributed by atoms with van der Waals surface area (Å²) >= 11 is 0. The molecule has 0 saturated heterocycles. The Morgan fingerprint density at radius 1 is 1.25 bits per heavy atom. The van der Waals surface area contributed by atoms with E-state index >= 15 is 0 Å². The second-order valence-corrected chi connectivity index (χ2v) is 7.94. The van der Waals surface area contributed by atoms with Gasteiger partial charge in [0, 0.05) is 12.3 Å². The van der Waals surface area contributed by atoms with Gasteiger partial charge in [0.05, 0.1) is 11.3 Å². The Morgan fingerprint density at radius 2 is 1.85 bits per heavy atom. The van der Waals surface area contributed by atoms with Gasteiger partial charge in [0.15, 0.2) is 0 Å². The largest absolute Gasteiger partial charge is 0.464 e. The van der Waals surface area contributed by atoms with Crippen molar-refractivity contribution >= 4 is 21.9 Å². The van der Waals surface area contributed by atoms with E-state index in [-0.39, 0.29) is 17.6 Å². The molecule has 2 aliphatic rings. The van der Waals surface area contributed by atoms with Crippen molar-refractivity contribution in [1.82, 2.24) is 4.31 Å². The number of rotatable bonds is 5. The van der Waals surface area contributed by atoms with Crippen LogP contribution < -0.4 is 0 Å². The van der Waals surface area contributed by atoms with Gasteiger partial charge in [-0.15, -0.1) is 0 Å². The number of nitrogens with zero attached hydrogens (tertiary/aromatic N) is 1. The molecule has 0 heterocycles. The molecule has 0 aromatic carbocycles. The van der Waals surface area contributed by atoms with Crippen molar-refractivity contribution in [1.29, 1.82) is 0 Å². The number of Topliss-reactive ketones (excluding diaryl/α,β-unsaturated/α-hetero) is 1. The maximum absolute atomic E-state index is 12.2. The smallest absolute Gasteiger partial charge is 0.421 e. The van der Waals surface area contributed by atoms with Crippen LogP contribution in [0.25, 0.3) is 0 Å². The van der Waals surface area contributed by atoms with Crippen LogP contribution in [0.15, 0.2) is 0 Å². The predicted molar refractivity (Wildman–Crippen MR) is 72.8 cm³/mol. The van der Waals surface area contributed by atoms with Crippen LogP contribution in [0, 0.1) is 11.8 Å². The van der Waals surface area contributed by atoms with Crippen molar-refractivity contribution in [3.63, 3.8) is 0 Å². The number of carbonyl (C=O) groups is 2. The molecule has 2 fully saturated rings. The van der Waals surface area contributed by atoms with Gasteiger partial charge < -0.3 is 5.11 Å². The monoisotopic (exact) mass is 303 g/mol. The van der Waals surface area contributed by atoms with Crippen LogP contribution in [0.1, 0.15) is 46.0 Å². The van der Waals surface area contributed by atoms with Gasteiger partial charge in [-0.25, -0.2) is 17.5 Å². The van der Waals surface area contributed by atoms with Crippen LogP contribution in [0.2, 0.25) is 0 Å². The van der Waals surface area contributed by atoms with Gasteiger partial charge in [-0.05, 0) is 31.6 Å². The predicted octanol–water partition coefficient (Wildman–Crippen LogP) is 1.85. The highest BCUT2D eigenvalue weighted by Crippen LogP contribution is 2.40. The first-order chi connectivity index (χ1) is 9.28. The number of carbonyl (C=O) groups excluding carboxylic acids is 1. The summed E-state index contributed by atoms with van der Waals surface area (Å²) in [5.41, 5.74) is 0. The Kier molecular flexibility index (Phi) is 4.09. The average molecular weight is 303 g/mol. The fourth-order valence-electron chi connectivity index (χ4n) is 3.12. The molecule has 1 unspecified atom stereocenters. The van der Waals surface area contributed by atoms with Crippen LogP contribution in [-0.4, -0.2) is 41.0 Å². The fraction of sp³-hybridized carbons (Fsp3) is 0.846. The molecular weight excluding hydrogens is 282 g/mol. The first-order valence-corrected chi connectivity index (χ1v) is 8.58. The summed E-state index contributed by atoms with van der Waals surface area (Å²) in [5, 5.41) is 8.73. The molecular formula is C13H21NO5S. The topological polar surface area (TPSA) is 91.8 Å². The Morgan fingerprint density at radius 3 is 2.30 bits per heavy atom. The molecule has 3 atom stereocenters. The summed E-state index contributed by atoms with van der Waals surface area (Å²) in [7, 11) is -3.77. The summed E-state index contributed by atoms with van der Waals surface area (Å²) in [5.74, 6) is -0.0980. The van der Waals surface area contributed by atoms with Crippen LogP contribution in [-0.2, 0) is 14.8 Å². The molecule has 0 aromatic rings. The van der Waals surface area contributed by atoms with E-state index in [4.69, 9.17) is 0 Å². The summed E-state index contributed by atoms with van der Waals surface area (Å²) in [6.07, 6.45) is 0.821. The van der Waals surface area contributed by atoms with E-state index in [1.54, 1.807) is 6.92 Å². The van der Waals surface area contributed by atoms with Gasteiger partial charge in [-0.1, -0.05) is 13.8 Å². The molecule has 0 aromatic heterocycles. The van der Waals surface area contributed by atoms with E-state index in [1.165, 1.54) is 0 Å². The quantitative estimate of drug-likeness (QED) is 0.837. The zero-order valence-corrected chi connectivity index (χ0v) is 12.6. The van der Waals surface area contributed by atoms with Gasteiger partial charge in [-0.3, -0.25) is 4.79 Å². The molecule has 2 saturated carbocycles. The second-order valence-electron chi connectivity index (χ2n) is 5.85. The first kappa shape index (κ1) is 15.3. The molecule has 20 heavy (non-hydrogen) atoms. The number of carboxylic acid groups (broad SMARTS) is 1. The molecule has 2 aliphatic carbocycles. The molecule has 2 rings (SSSR count). The molecule has 0 radical (unpaired) electrons. The maximum Gasteiger partial charge on any atom is 0.421 e. The number of ketones is 1. The summed E-state index contributed by atoms with van der Waals surface area (Å²) in [6.45, 7) is 3.67. The maximum atomic E-state index is 12.2. The molecule has 6 nitrogen and oxygen atoms in total. The summed E-state index contributed by atoms with van der Waals surface area (Å²) in [6, 6.07) is -0.589. The Hall–Kier alpha value is -1.11. The normalized spacial score (nSPS) is 30.2. The fourth-order valence-corrected chi connectivity index (χ4v) is 4.98. The molecule has 0 bridgehead atoms. The first-order valence-electron chi connectivity index (χ1n) is 7.07. The van der Waals surface area contributed by atoms with Gasteiger partial charge in [-0.2, -0.15) is 0 Å². The SMILES string of the molecule is CCC(=O)[C@@H]1CC(N(C(=O)O)S(=O)(=O)C2CC2)C[C@@H]1C. The van der Waals surface area contributed by atoms with Crippen molar-refractivity contribution < 1.29 is 23.1 Å². The van der Waals surface area contributed by atoms with Crippen molar-refractivity contribution in [3.8, 4) is 0 Å². The number of hydrogen-bond donors (Lipinski definition) is 1. The molecule has 1 N–H and O–H groups in total. The second kappa shape index (κ2) is 5.35. The van der Waals surface area contributed by atoms with E-state index in [0.717, 1.165) is 0 Å². The van der Waals surface area contributed by atoms with Crippen LogP contribution in [0.5, 0.6) is 0 Å². The van der Waals surface area contributed by atoms with E-state index in [2.05, 4.69) is 0 Å². The van der Waals surface area contributed by atoms with Gasteiger partial charge >= 0.3 is 6.09 Å². The van der Waals surface area contributed by atoms with Gasteiger partial charge in [0.2, 0.25) is 10.0 Å². The van der Waals surface area contributed by atoms with Crippen LogP contribution in [0.4, 0.5) is 4.79 Å². The van der Waals surface area contributed by atoms with Gasteiger partial charge in [0.25, 0.3) is 0 Å². The highest BCUT2D eigenvalue weighted by Gasteiger charge is 2.49. The highest BCUT2D eigenvalue weighted by molar-refractivity contribution is 7.90. The zero-order chi connectivity index (χ0) is 15.1. The third-order valence-electron chi connectivity index (χ3n) is 4.36. The van der Waals surface area contributed by atoms with Crippen LogP contribution >= 0.6 is 0 Å². The lowest BCUT2D eigenvalue weighted by Gasteiger charge is -2.25. The van der Waals surface area contributed by atoms with E-state index in [0.29, 0.717) is 36.4 Å². The van der Waals surface area contributed by atoms with E-state index in [9.17, 15) is 23.1 Å². The van der Waals surface area contributed by atoms with E-state index in [1.807, 2.05) is 6.92 Å². The van der Waals surface area contributed by atoms with Crippen LogP contribution in [0.3, 0.4) is 0 Å². The molecule has 114 valence electrons. The molecule has 0 aliphatic heterocycles. The summed E-state index contributed by atoms with van der Waals surface area (Å²) < 4.78 is 25.1. The lowest BCUT2D eigenvalue weighted by molar-refractivity contribution is -0.123. The number of hydrogen-bond acceptors (Lipinski definition) is 4. The third kappa shape index (κ3) is 2.68.